The van der Waals surface area contributed by atoms with E-state index in [1.165, 1.54) is 19.3 Å². The number of thiophene rings is 1. The zero-order valence-electron chi connectivity index (χ0n) is 17.6. The summed E-state index contributed by atoms with van der Waals surface area (Å²) in [5.74, 6) is 0.176. The topological polar surface area (TPSA) is 38.5 Å². The second-order valence-electron chi connectivity index (χ2n) is 10.2. The zero-order valence-corrected chi connectivity index (χ0v) is 19.2. The Morgan fingerprint density at radius 3 is 2.29 bits per heavy atom. The number of alkyl halides is 1. The number of hydroxylamine groups is 3. The van der Waals surface area contributed by atoms with Gasteiger partial charge in [-0.25, -0.2) is 4.84 Å². The van der Waals surface area contributed by atoms with Gasteiger partial charge in [-0.2, -0.15) is 9.80 Å². The second kappa shape index (κ2) is 6.97. The zero-order chi connectivity index (χ0) is 20.2. The van der Waals surface area contributed by atoms with Crippen molar-refractivity contribution in [2.45, 2.75) is 95.9 Å². The summed E-state index contributed by atoms with van der Waals surface area (Å²) in [6, 6.07) is 4.10. The van der Waals surface area contributed by atoms with Crippen LogP contribution in [0.15, 0.2) is 17.5 Å². The van der Waals surface area contributed by atoms with Gasteiger partial charge in [-0.3, -0.25) is 0 Å². The van der Waals surface area contributed by atoms with E-state index >= 15 is 0 Å². The van der Waals surface area contributed by atoms with Gasteiger partial charge < -0.3 is 5.21 Å². The Morgan fingerprint density at radius 2 is 1.75 bits per heavy atom. The molecule has 1 spiro atoms. The molecule has 0 bridgehead atoms. The summed E-state index contributed by atoms with van der Waals surface area (Å²) in [5, 5.41) is 18.0. The van der Waals surface area contributed by atoms with Crippen molar-refractivity contribution in [1.29, 1.82) is 0 Å². The predicted octanol–water partition coefficient (Wildman–Crippen LogP) is 5.92. The van der Waals surface area contributed by atoms with Gasteiger partial charge in [-0.05, 0) is 71.2 Å². The lowest BCUT2D eigenvalue weighted by atomic mass is 9.77. The summed E-state index contributed by atoms with van der Waals surface area (Å²) >= 11 is 8.20. The minimum absolute atomic E-state index is 0.106. The van der Waals surface area contributed by atoms with Crippen LogP contribution in [-0.2, 0) is 4.84 Å². The largest absolute Gasteiger partial charge is 0.621 e. The SMILES string of the molecule is CC1(C)CCCC(C)(C)N1OC1(CCl)CC2(CCCC2)C(c2cccs2)=[N+]1[O-]. The van der Waals surface area contributed by atoms with E-state index in [1.807, 2.05) is 6.07 Å². The van der Waals surface area contributed by atoms with Crippen LogP contribution in [0.2, 0.25) is 0 Å². The minimum atomic E-state index is -1.03. The van der Waals surface area contributed by atoms with Crippen LogP contribution in [0, 0.1) is 10.6 Å². The van der Waals surface area contributed by atoms with Gasteiger partial charge in [0.2, 0.25) is 5.71 Å². The standard InChI is InChI=1S/C22H33ClN2O2S/c1-19(2)10-8-11-20(3,4)25(19)27-22(16-23)15-21(12-5-6-13-21)18(24(22)26)17-9-7-14-28-17/h7,9,14H,5-6,8,10-13,15-16H2,1-4H3. The van der Waals surface area contributed by atoms with Crippen LogP contribution in [0.25, 0.3) is 0 Å². The molecule has 1 aromatic rings. The van der Waals surface area contributed by atoms with Crippen molar-refractivity contribution in [3.63, 3.8) is 0 Å². The maximum atomic E-state index is 13.9. The lowest BCUT2D eigenvalue weighted by Gasteiger charge is -2.53. The normalized spacial score (nSPS) is 31.8. The Balaban J connectivity index is 1.78. The Labute approximate surface area is 178 Å². The van der Waals surface area contributed by atoms with E-state index in [0.717, 1.165) is 41.0 Å². The molecule has 3 heterocycles. The second-order valence-corrected chi connectivity index (χ2v) is 11.4. The maximum absolute atomic E-state index is 13.9. The van der Waals surface area contributed by atoms with Crippen LogP contribution >= 0.6 is 22.9 Å². The average Bonchev–Trinajstić information content (AvgIpc) is 3.33. The lowest BCUT2D eigenvalue weighted by Crippen LogP contribution is -2.63. The summed E-state index contributed by atoms with van der Waals surface area (Å²) in [6.45, 7) is 8.87. The van der Waals surface area contributed by atoms with Crippen molar-refractivity contribution in [3.8, 4) is 0 Å². The van der Waals surface area contributed by atoms with Crippen LogP contribution in [0.5, 0.6) is 0 Å². The molecule has 2 aliphatic heterocycles. The fourth-order valence-electron chi connectivity index (χ4n) is 5.93. The van der Waals surface area contributed by atoms with Crippen molar-refractivity contribution in [1.82, 2.24) is 5.06 Å². The van der Waals surface area contributed by atoms with Gasteiger partial charge in [0.15, 0.2) is 0 Å². The minimum Gasteiger partial charge on any atom is -0.621 e. The van der Waals surface area contributed by atoms with Gasteiger partial charge in [-0.15, -0.1) is 22.9 Å². The van der Waals surface area contributed by atoms with Crippen LogP contribution < -0.4 is 0 Å². The van der Waals surface area contributed by atoms with Crippen LogP contribution in [0.3, 0.4) is 0 Å². The van der Waals surface area contributed by atoms with Crippen molar-refractivity contribution >= 4 is 28.6 Å². The highest BCUT2D eigenvalue weighted by Crippen LogP contribution is 2.54. The molecule has 0 aromatic carbocycles. The summed E-state index contributed by atoms with van der Waals surface area (Å²) in [7, 11) is 0. The third-order valence-electron chi connectivity index (χ3n) is 7.15. The highest BCUT2D eigenvalue weighted by atomic mass is 35.5. The number of nitrogens with zero attached hydrogens (tertiary/aromatic N) is 2. The molecule has 4 nitrogen and oxygen atoms in total. The molecule has 1 unspecified atom stereocenters. The monoisotopic (exact) mass is 424 g/mol. The van der Waals surface area contributed by atoms with E-state index in [2.05, 4.69) is 44.2 Å². The Kier molecular flexibility index (Phi) is 5.14. The molecule has 0 N–H and O–H groups in total. The Hall–Kier alpha value is -0.620. The highest BCUT2D eigenvalue weighted by Gasteiger charge is 2.63. The molecular weight excluding hydrogens is 392 g/mol. The first-order valence-corrected chi connectivity index (χ1v) is 12.0. The van der Waals surface area contributed by atoms with Gasteiger partial charge in [0.05, 0.1) is 16.7 Å². The van der Waals surface area contributed by atoms with E-state index in [4.69, 9.17) is 16.4 Å². The molecule has 2 fully saturated rings. The van der Waals surface area contributed by atoms with E-state index in [-0.39, 0.29) is 22.4 Å². The summed E-state index contributed by atoms with van der Waals surface area (Å²) < 4.78 is 1.16. The molecule has 1 saturated carbocycles. The van der Waals surface area contributed by atoms with E-state index < -0.39 is 5.72 Å². The number of hydrogen-bond donors (Lipinski definition) is 0. The summed E-state index contributed by atoms with van der Waals surface area (Å²) in [4.78, 5) is 7.82. The van der Waals surface area contributed by atoms with Crippen LogP contribution in [0.1, 0.15) is 83.9 Å². The van der Waals surface area contributed by atoms with Gasteiger partial charge in [0.25, 0.3) is 0 Å². The fourth-order valence-corrected chi connectivity index (χ4v) is 7.06. The first-order chi connectivity index (χ1) is 13.2. The van der Waals surface area contributed by atoms with Gasteiger partial charge in [0.1, 0.15) is 5.88 Å². The molecule has 1 aromatic heterocycles. The summed E-state index contributed by atoms with van der Waals surface area (Å²) in [5.41, 5.74) is -0.483. The van der Waals surface area contributed by atoms with E-state index in [1.54, 1.807) is 11.3 Å². The number of halogens is 1. The Bertz CT molecular complexity index is 737. The van der Waals surface area contributed by atoms with Crippen molar-refractivity contribution in [2.24, 2.45) is 5.41 Å². The first-order valence-electron chi connectivity index (χ1n) is 10.6. The molecule has 0 amide bonds. The summed E-state index contributed by atoms with van der Waals surface area (Å²) in [6.07, 6.45) is 8.40. The molecule has 28 heavy (non-hydrogen) atoms. The van der Waals surface area contributed by atoms with Crippen molar-refractivity contribution in [3.05, 3.63) is 27.6 Å². The lowest BCUT2D eigenvalue weighted by molar-refractivity contribution is -0.631. The van der Waals surface area contributed by atoms with Gasteiger partial charge >= 0.3 is 5.72 Å². The quantitative estimate of drug-likeness (QED) is 0.342. The molecular formula is C22H33ClN2O2S. The first kappa shape index (κ1) is 20.6. The predicted molar refractivity (Wildman–Crippen MR) is 116 cm³/mol. The molecule has 6 heteroatoms. The van der Waals surface area contributed by atoms with Crippen molar-refractivity contribution < 1.29 is 9.58 Å². The number of rotatable bonds is 4. The van der Waals surface area contributed by atoms with Gasteiger partial charge in [-0.1, -0.05) is 18.9 Å². The third kappa shape index (κ3) is 3.13. The molecule has 1 saturated heterocycles. The van der Waals surface area contributed by atoms with Gasteiger partial charge in [0, 0.05) is 11.1 Å². The molecule has 3 aliphatic rings. The van der Waals surface area contributed by atoms with Crippen LogP contribution in [-0.4, -0.2) is 38.2 Å². The molecule has 1 atom stereocenters. The van der Waals surface area contributed by atoms with Crippen LogP contribution in [0.4, 0.5) is 0 Å². The Morgan fingerprint density at radius 1 is 1.11 bits per heavy atom. The van der Waals surface area contributed by atoms with Crippen molar-refractivity contribution in [2.75, 3.05) is 5.88 Å². The average molecular weight is 425 g/mol. The molecule has 156 valence electrons. The number of piperidine rings is 1. The third-order valence-corrected chi connectivity index (χ3v) is 8.45. The fraction of sp³-hybridized carbons (Fsp3) is 0.773. The molecule has 0 radical (unpaired) electrons. The number of hydrogen-bond acceptors (Lipinski definition) is 4. The van der Waals surface area contributed by atoms with E-state index in [9.17, 15) is 5.21 Å². The maximum Gasteiger partial charge on any atom is 0.308 e. The molecule has 1 aliphatic carbocycles. The highest BCUT2D eigenvalue weighted by molar-refractivity contribution is 7.12. The smallest absolute Gasteiger partial charge is 0.308 e. The molecule has 4 rings (SSSR count). The van der Waals surface area contributed by atoms with E-state index in [0.29, 0.717) is 6.42 Å².